The minimum atomic E-state index is -0.781. The van der Waals surface area contributed by atoms with Gasteiger partial charge in [0.1, 0.15) is 18.2 Å². The summed E-state index contributed by atoms with van der Waals surface area (Å²) in [6.07, 6.45) is 2.24. The van der Waals surface area contributed by atoms with Crippen molar-refractivity contribution >= 4 is 18.1 Å². The van der Waals surface area contributed by atoms with Gasteiger partial charge in [0.05, 0.1) is 6.04 Å². The lowest BCUT2D eigenvalue weighted by Crippen LogP contribution is -2.55. The van der Waals surface area contributed by atoms with Gasteiger partial charge in [0.15, 0.2) is 0 Å². The van der Waals surface area contributed by atoms with Crippen molar-refractivity contribution in [2.75, 3.05) is 6.61 Å². The number of amides is 3. The van der Waals surface area contributed by atoms with E-state index in [1.165, 1.54) is 11.3 Å². The van der Waals surface area contributed by atoms with Crippen molar-refractivity contribution in [1.29, 1.82) is 0 Å². The predicted molar refractivity (Wildman–Crippen MR) is 110 cm³/mol. The van der Waals surface area contributed by atoms with Gasteiger partial charge in [-0.3, -0.25) is 4.79 Å². The van der Waals surface area contributed by atoms with Gasteiger partial charge in [0.2, 0.25) is 0 Å². The fourth-order valence-corrected chi connectivity index (χ4v) is 4.77. The van der Waals surface area contributed by atoms with Crippen LogP contribution in [0.15, 0.2) is 30.3 Å². The van der Waals surface area contributed by atoms with Crippen molar-refractivity contribution in [2.24, 2.45) is 17.8 Å². The molecule has 1 aliphatic heterocycles. The number of imide groups is 1. The minimum absolute atomic E-state index is 0.0135. The number of benzene rings is 1. The Morgan fingerprint density at radius 2 is 1.83 bits per heavy atom. The van der Waals surface area contributed by atoms with Crippen LogP contribution in [0.2, 0.25) is 0 Å². The number of hydrogen-bond acceptors (Lipinski definition) is 5. The molecule has 1 heterocycles. The number of carbonyl (C=O) groups excluding carboxylic acids is 3. The number of fused-ring (bicyclic) bond motifs is 1. The summed E-state index contributed by atoms with van der Waals surface area (Å²) in [4.78, 5) is 39.7. The van der Waals surface area contributed by atoms with Gasteiger partial charge in [-0.25, -0.2) is 14.5 Å². The van der Waals surface area contributed by atoms with Crippen LogP contribution in [0.25, 0.3) is 0 Å². The second-order valence-corrected chi connectivity index (χ2v) is 9.74. The second kappa shape index (κ2) is 7.93. The van der Waals surface area contributed by atoms with E-state index in [1.807, 2.05) is 30.3 Å². The summed E-state index contributed by atoms with van der Waals surface area (Å²) in [6, 6.07) is 8.55. The Labute approximate surface area is 177 Å². The molecule has 1 aromatic rings. The maximum Gasteiger partial charge on any atom is 0.417 e. The first-order chi connectivity index (χ1) is 14.2. The van der Waals surface area contributed by atoms with Crippen LogP contribution in [0, 0.1) is 17.8 Å². The largest absolute Gasteiger partial charge is 0.447 e. The molecule has 1 N–H and O–H groups in total. The molecule has 3 aliphatic rings. The Balaban J connectivity index is 1.51. The molecule has 3 amide bonds. The highest BCUT2D eigenvalue weighted by molar-refractivity contribution is 5.98. The second-order valence-electron chi connectivity index (χ2n) is 9.74. The number of carbonyl (C=O) groups is 3. The normalized spacial score (nSPS) is 28.5. The molecule has 0 aromatic heterocycles. The Kier molecular flexibility index (Phi) is 5.47. The zero-order valence-electron chi connectivity index (χ0n) is 17.8. The first-order valence-electron chi connectivity index (χ1n) is 10.7. The first-order valence-corrected chi connectivity index (χ1v) is 10.7. The molecular weight excluding hydrogens is 384 g/mol. The van der Waals surface area contributed by atoms with E-state index in [0.717, 1.165) is 18.4 Å². The van der Waals surface area contributed by atoms with Gasteiger partial charge >= 0.3 is 12.2 Å². The van der Waals surface area contributed by atoms with Gasteiger partial charge in [-0.05, 0) is 69.8 Å². The van der Waals surface area contributed by atoms with E-state index in [0.29, 0.717) is 18.3 Å². The molecule has 5 atom stereocenters. The number of hydrogen-bond donors (Lipinski definition) is 1. The average Bonchev–Trinajstić information content (AvgIpc) is 3.11. The smallest absolute Gasteiger partial charge is 0.417 e. The lowest BCUT2D eigenvalue weighted by Gasteiger charge is -2.30. The molecule has 0 unspecified atom stereocenters. The number of nitrogens with one attached hydrogen (secondary N) is 1. The average molecular weight is 415 g/mol. The molecule has 4 rings (SSSR count). The molecule has 7 heteroatoms. The lowest BCUT2D eigenvalue weighted by molar-refractivity contribution is -0.132. The van der Waals surface area contributed by atoms with Crippen molar-refractivity contribution in [3.63, 3.8) is 0 Å². The van der Waals surface area contributed by atoms with Gasteiger partial charge in [-0.1, -0.05) is 30.3 Å². The summed E-state index contributed by atoms with van der Waals surface area (Å²) < 4.78 is 10.6. The summed E-state index contributed by atoms with van der Waals surface area (Å²) in [5.74, 6) is 0.892. The van der Waals surface area contributed by atoms with Gasteiger partial charge in [0, 0.05) is 0 Å². The minimum Gasteiger partial charge on any atom is -0.447 e. The summed E-state index contributed by atoms with van der Waals surface area (Å²) in [7, 11) is 0. The number of rotatable bonds is 5. The van der Waals surface area contributed by atoms with E-state index in [2.05, 4.69) is 5.32 Å². The third kappa shape index (κ3) is 4.60. The van der Waals surface area contributed by atoms with Crippen LogP contribution >= 0.6 is 0 Å². The van der Waals surface area contributed by atoms with Crippen molar-refractivity contribution in [1.82, 2.24) is 10.2 Å². The monoisotopic (exact) mass is 414 g/mol. The van der Waals surface area contributed by atoms with E-state index in [1.54, 1.807) is 20.8 Å². The quantitative estimate of drug-likeness (QED) is 0.797. The summed E-state index contributed by atoms with van der Waals surface area (Å²) in [6.45, 7) is 5.50. The van der Waals surface area contributed by atoms with Crippen molar-refractivity contribution in [2.45, 2.75) is 64.1 Å². The van der Waals surface area contributed by atoms with Crippen LogP contribution in [-0.2, 0) is 20.7 Å². The molecule has 7 nitrogen and oxygen atoms in total. The van der Waals surface area contributed by atoms with Crippen molar-refractivity contribution in [3.8, 4) is 0 Å². The summed E-state index contributed by atoms with van der Waals surface area (Å²) in [5.41, 5.74) is 0.357. The molecule has 2 saturated carbocycles. The summed E-state index contributed by atoms with van der Waals surface area (Å²) >= 11 is 0. The molecule has 3 fully saturated rings. The predicted octanol–water partition coefficient (Wildman–Crippen LogP) is 3.52. The maximum atomic E-state index is 13.5. The zero-order chi connectivity index (χ0) is 21.5. The third-order valence-electron chi connectivity index (χ3n) is 6.20. The van der Waals surface area contributed by atoms with Gasteiger partial charge in [-0.15, -0.1) is 0 Å². The Morgan fingerprint density at radius 3 is 2.47 bits per heavy atom. The first kappa shape index (κ1) is 20.7. The SMILES string of the molecule is CC(C)(C)OC(=O)N[C@H](C(=O)N1C(=O)OC[C@@H]1Cc1ccccc1)[C@@H]1C[C@H]2C[C@H]2C1. The molecule has 0 spiro atoms. The molecule has 1 saturated heterocycles. The third-order valence-corrected chi connectivity index (χ3v) is 6.20. The summed E-state index contributed by atoms with van der Waals surface area (Å²) in [5, 5.41) is 2.78. The van der Waals surface area contributed by atoms with Crippen LogP contribution in [0.3, 0.4) is 0 Å². The fourth-order valence-electron chi connectivity index (χ4n) is 4.77. The Hall–Kier alpha value is -2.57. The van der Waals surface area contributed by atoms with Crippen LogP contribution in [0.1, 0.15) is 45.6 Å². The van der Waals surface area contributed by atoms with Crippen LogP contribution in [-0.4, -0.2) is 47.3 Å². The zero-order valence-corrected chi connectivity index (χ0v) is 17.8. The highest BCUT2D eigenvalue weighted by Gasteiger charge is 2.52. The van der Waals surface area contributed by atoms with Gasteiger partial charge < -0.3 is 14.8 Å². The highest BCUT2D eigenvalue weighted by atomic mass is 16.6. The van der Waals surface area contributed by atoms with E-state index < -0.39 is 29.7 Å². The Morgan fingerprint density at radius 1 is 1.17 bits per heavy atom. The van der Waals surface area contributed by atoms with Crippen LogP contribution < -0.4 is 5.32 Å². The molecule has 30 heavy (non-hydrogen) atoms. The van der Waals surface area contributed by atoms with Crippen LogP contribution in [0.5, 0.6) is 0 Å². The maximum absolute atomic E-state index is 13.5. The molecule has 1 aromatic carbocycles. The molecule has 162 valence electrons. The molecule has 0 radical (unpaired) electrons. The fraction of sp³-hybridized carbons (Fsp3) is 0.609. The van der Waals surface area contributed by atoms with Gasteiger partial charge in [-0.2, -0.15) is 0 Å². The van der Waals surface area contributed by atoms with Crippen molar-refractivity contribution in [3.05, 3.63) is 35.9 Å². The number of cyclic esters (lactones) is 1. The number of alkyl carbamates (subject to hydrolysis) is 1. The van der Waals surface area contributed by atoms with E-state index in [4.69, 9.17) is 9.47 Å². The van der Waals surface area contributed by atoms with E-state index in [9.17, 15) is 14.4 Å². The molecule has 2 aliphatic carbocycles. The number of nitrogens with zero attached hydrogens (tertiary/aromatic N) is 1. The highest BCUT2D eigenvalue weighted by Crippen LogP contribution is 2.55. The lowest BCUT2D eigenvalue weighted by atomic mass is 9.92. The van der Waals surface area contributed by atoms with Gasteiger partial charge in [0.25, 0.3) is 5.91 Å². The molecular formula is C23H30N2O5. The Bertz CT molecular complexity index is 809. The standard InChI is InChI=1S/C23H30N2O5/c1-23(2,3)30-21(27)24-19(17-11-15-10-16(15)12-17)20(26)25-18(13-29-22(25)28)9-14-7-5-4-6-8-14/h4-8,15-19H,9-13H2,1-3H3,(H,24,27)/t15-,16+,17-,18-,19-/m0/s1. The van der Waals surface area contributed by atoms with Crippen LogP contribution in [0.4, 0.5) is 9.59 Å². The van der Waals surface area contributed by atoms with E-state index in [-0.39, 0.29) is 18.6 Å². The van der Waals surface area contributed by atoms with Crippen molar-refractivity contribution < 1.29 is 23.9 Å². The topological polar surface area (TPSA) is 84.9 Å². The van der Waals surface area contributed by atoms with E-state index >= 15 is 0 Å². The molecule has 0 bridgehead atoms. The number of ether oxygens (including phenoxy) is 2.